The maximum absolute atomic E-state index is 5.41. The fraction of sp³-hybridized carbons (Fsp3) is 0.350. The average Bonchev–Trinajstić information content (AvgIpc) is 3.48. The Labute approximate surface area is 167 Å². The molecule has 1 saturated carbocycles. The fourth-order valence-electron chi connectivity index (χ4n) is 3.09. The van der Waals surface area contributed by atoms with E-state index in [1.807, 2.05) is 25.1 Å². The summed E-state index contributed by atoms with van der Waals surface area (Å²) in [5, 5.41) is 4.30. The van der Waals surface area contributed by atoms with Gasteiger partial charge in [-0.05, 0) is 25.8 Å². The number of anilines is 2. The Bertz CT molecular complexity index is 976. The van der Waals surface area contributed by atoms with Gasteiger partial charge in [0.25, 0.3) is 0 Å². The lowest BCUT2D eigenvalue weighted by Gasteiger charge is -2.14. The molecular weight excluding hydrogens is 376 g/mol. The summed E-state index contributed by atoms with van der Waals surface area (Å²) in [6.07, 6.45) is 4.17. The third kappa shape index (κ3) is 3.60. The first-order chi connectivity index (χ1) is 13.6. The summed E-state index contributed by atoms with van der Waals surface area (Å²) in [7, 11) is 4.75. The van der Waals surface area contributed by atoms with Crippen LogP contribution in [-0.2, 0) is 0 Å². The number of benzene rings is 1. The highest BCUT2D eigenvalue weighted by atomic mass is 32.1. The number of hydrogen-bond acceptors (Lipinski definition) is 8. The van der Waals surface area contributed by atoms with E-state index in [1.54, 1.807) is 38.9 Å². The highest BCUT2D eigenvalue weighted by Crippen LogP contribution is 2.46. The van der Waals surface area contributed by atoms with Gasteiger partial charge in [0.2, 0.25) is 11.7 Å². The molecule has 1 aliphatic rings. The molecule has 1 aliphatic carbocycles. The van der Waals surface area contributed by atoms with Gasteiger partial charge >= 0.3 is 0 Å². The van der Waals surface area contributed by atoms with Crippen molar-refractivity contribution in [2.24, 2.45) is 0 Å². The quantitative estimate of drug-likeness (QED) is 0.625. The van der Waals surface area contributed by atoms with Crippen LogP contribution in [0.5, 0.6) is 17.2 Å². The van der Waals surface area contributed by atoms with E-state index in [0.717, 1.165) is 21.3 Å². The van der Waals surface area contributed by atoms with Crippen LogP contribution in [0.1, 0.15) is 29.5 Å². The Hall–Kier alpha value is -2.87. The zero-order valence-corrected chi connectivity index (χ0v) is 17.1. The second kappa shape index (κ2) is 7.63. The molecule has 0 bridgehead atoms. The molecule has 146 valence electrons. The molecule has 1 fully saturated rings. The molecule has 0 unspecified atom stereocenters. The zero-order valence-electron chi connectivity index (χ0n) is 16.3. The topological polar surface area (TPSA) is 78.4 Å². The second-order valence-electron chi connectivity index (χ2n) is 6.53. The Morgan fingerprint density at radius 1 is 1.04 bits per heavy atom. The average molecular weight is 398 g/mol. The Morgan fingerprint density at radius 2 is 1.75 bits per heavy atom. The van der Waals surface area contributed by atoms with Crippen LogP contribution < -0.4 is 19.5 Å². The Morgan fingerprint density at radius 3 is 2.36 bits per heavy atom. The SMILES string of the molecule is COc1cc(Nc2nccc(-c3sc(C)nc3C3CC3)n2)cc(OC)c1OC. The van der Waals surface area contributed by atoms with Crippen molar-refractivity contribution in [2.75, 3.05) is 26.6 Å². The summed E-state index contributed by atoms with van der Waals surface area (Å²) < 4.78 is 16.2. The van der Waals surface area contributed by atoms with E-state index in [4.69, 9.17) is 24.2 Å². The molecule has 1 aromatic carbocycles. The van der Waals surface area contributed by atoms with Crippen LogP contribution in [0.15, 0.2) is 24.4 Å². The van der Waals surface area contributed by atoms with E-state index in [2.05, 4.69) is 10.3 Å². The Kier molecular flexibility index (Phi) is 5.04. The molecule has 1 N–H and O–H groups in total. The summed E-state index contributed by atoms with van der Waals surface area (Å²) in [5.41, 5.74) is 2.80. The van der Waals surface area contributed by atoms with Gasteiger partial charge in [0.15, 0.2) is 11.5 Å². The van der Waals surface area contributed by atoms with Crippen LogP contribution >= 0.6 is 11.3 Å². The van der Waals surface area contributed by atoms with Crippen molar-refractivity contribution in [3.63, 3.8) is 0 Å². The fourth-order valence-corrected chi connectivity index (χ4v) is 4.06. The lowest BCUT2D eigenvalue weighted by atomic mass is 10.2. The minimum absolute atomic E-state index is 0.500. The molecule has 2 aromatic heterocycles. The monoisotopic (exact) mass is 398 g/mol. The van der Waals surface area contributed by atoms with Crippen LogP contribution in [0.25, 0.3) is 10.6 Å². The van der Waals surface area contributed by atoms with Crippen molar-refractivity contribution in [1.82, 2.24) is 15.0 Å². The molecule has 0 aliphatic heterocycles. The first-order valence-corrected chi connectivity index (χ1v) is 9.82. The minimum Gasteiger partial charge on any atom is -0.493 e. The second-order valence-corrected chi connectivity index (χ2v) is 7.73. The van der Waals surface area contributed by atoms with Crippen LogP contribution in [0.4, 0.5) is 11.6 Å². The van der Waals surface area contributed by atoms with Crippen molar-refractivity contribution in [2.45, 2.75) is 25.7 Å². The maximum atomic E-state index is 5.41. The molecule has 0 spiro atoms. The van der Waals surface area contributed by atoms with E-state index in [1.165, 1.54) is 18.5 Å². The first-order valence-electron chi connectivity index (χ1n) is 9.00. The van der Waals surface area contributed by atoms with Crippen LogP contribution in [0.2, 0.25) is 0 Å². The molecule has 7 nitrogen and oxygen atoms in total. The van der Waals surface area contributed by atoms with Gasteiger partial charge < -0.3 is 19.5 Å². The number of methoxy groups -OCH3 is 3. The number of thiazole rings is 1. The van der Waals surface area contributed by atoms with Gasteiger partial charge in [-0.1, -0.05) is 0 Å². The molecule has 4 rings (SSSR count). The number of ether oxygens (including phenoxy) is 3. The van der Waals surface area contributed by atoms with Gasteiger partial charge in [-0.15, -0.1) is 11.3 Å². The van der Waals surface area contributed by atoms with E-state index in [0.29, 0.717) is 29.1 Å². The van der Waals surface area contributed by atoms with E-state index >= 15 is 0 Å². The number of rotatable bonds is 7. The van der Waals surface area contributed by atoms with Gasteiger partial charge in [-0.25, -0.2) is 15.0 Å². The summed E-state index contributed by atoms with van der Waals surface area (Å²) in [5.74, 6) is 2.74. The number of nitrogens with one attached hydrogen (secondary N) is 1. The number of aromatic nitrogens is 3. The standard InChI is InChI=1S/C20H22N4O3S/c1-11-22-17(12-5-6-12)19(28-11)14-7-8-21-20(24-14)23-13-9-15(25-2)18(27-4)16(10-13)26-3/h7-10,12H,5-6H2,1-4H3,(H,21,23,24). The van der Waals surface area contributed by atoms with E-state index < -0.39 is 0 Å². The predicted molar refractivity (Wildman–Crippen MR) is 109 cm³/mol. The van der Waals surface area contributed by atoms with Gasteiger partial charge in [0.05, 0.1) is 42.6 Å². The zero-order chi connectivity index (χ0) is 19.7. The molecule has 0 atom stereocenters. The van der Waals surface area contributed by atoms with Crippen molar-refractivity contribution in [3.8, 4) is 27.8 Å². The van der Waals surface area contributed by atoms with E-state index in [-0.39, 0.29) is 0 Å². The summed E-state index contributed by atoms with van der Waals surface area (Å²) in [6.45, 7) is 2.04. The molecule has 8 heteroatoms. The first kappa shape index (κ1) is 18.5. The van der Waals surface area contributed by atoms with Crippen LogP contribution in [0, 0.1) is 6.92 Å². The molecule has 0 amide bonds. The van der Waals surface area contributed by atoms with Crippen molar-refractivity contribution in [1.29, 1.82) is 0 Å². The van der Waals surface area contributed by atoms with Gasteiger partial charge in [-0.2, -0.15) is 0 Å². The van der Waals surface area contributed by atoms with Crippen LogP contribution in [-0.4, -0.2) is 36.3 Å². The molecule has 0 saturated heterocycles. The minimum atomic E-state index is 0.500. The predicted octanol–water partition coefficient (Wildman–Crippen LogP) is 4.56. The molecule has 2 heterocycles. The van der Waals surface area contributed by atoms with Crippen molar-refractivity contribution < 1.29 is 14.2 Å². The van der Waals surface area contributed by atoms with Crippen molar-refractivity contribution in [3.05, 3.63) is 35.1 Å². The smallest absolute Gasteiger partial charge is 0.227 e. The number of nitrogens with zero attached hydrogens (tertiary/aromatic N) is 3. The van der Waals surface area contributed by atoms with Gasteiger partial charge in [0.1, 0.15) is 0 Å². The highest BCUT2D eigenvalue weighted by molar-refractivity contribution is 7.15. The molecular formula is C20H22N4O3S. The lowest BCUT2D eigenvalue weighted by Crippen LogP contribution is -2.01. The highest BCUT2D eigenvalue weighted by Gasteiger charge is 2.30. The largest absolute Gasteiger partial charge is 0.493 e. The summed E-state index contributed by atoms with van der Waals surface area (Å²) in [4.78, 5) is 14.9. The van der Waals surface area contributed by atoms with Gasteiger partial charge in [0, 0.05) is 29.9 Å². The van der Waals surface area contributed by atoms with Crippen LogP contribution in [0.3, 0.4) is 0 Å². The lowest BCUT2D eigenvalue weighted by molar-refractivity contribution is 0.324. The summed E-state index contributed by atoms with van der Waals surface area (Å²) in [6, 6.07) is 5.58. The third-order valence-electron chi connectivity index (χ3n) is 4.53. The molecule has 28 heavy (non-hydrogen) atoms. The van der Waals surface area contributed by atoms with Crippen molar-refractivity contribution >= 4 is 23.0 Å². The molecule has 3 aromatic rings. The number of aryl methyl sites for hydroxylation is 1. The maximum Gasteiger partial charge on any atom is 0.227 e. The number of hydrogen-bond donors (Lipinski definition) is 1. The third-order valence-corrected chi connectivity index (χ3v) is 5.54. The Balaban J connectivity index is 1.66. The van der Waals surface area contributed by atoms with E-state index in [9.17, 15) is 0 Å². The normalized spacial score (nSPS) is 13.3. The molecule has 0 radical (unpaired) electrons. The summed E-state index contributed by atoms with van der Waals surface area (Å²) >= 11 is 1.68. The van der Waals surface area contributed by atoms with Gasteiger partial charge in [-0.3, -0.25) is 0 Å².